The second kappa shape index (κ2) is 9.72. The Balaban J connectivity index is 1.50. The van der Waals surface area contributed by atoms with E-state index in [4.69, 9.17) is 5.73 Å². The van der Waals surface area contributed by atoms with Crippen LogP contribution in [0.4, 0.5) is 17.5 Å². The number of nitrogens with one attached hydrogen (secondary N) is 2. The van der Waals surface area contributed by atoms with Crippen molar-refractivity contribution in [2.75, 3.05) is 36.1 Å². The summed E-state index contributed by atoms with van der Waals surface area (Å²) in [6.45, 7) is 3.40. The quantitative estimate of drug-likeness (QED) is 0.506. The molecule has 1 aromatic carbocycles. The molecule has 4 rings (SSSR count). The zero-order valence-electron chi connectivity index (χ0n) is 18.9. The molecular formula is C24H29N7O2. The molecule has 9 heteroatoms. The summed E-state index contributed by atoms with van der Waals surface area (Å²) < 4.78 is 1.55. The third kappa shape index (κ3) is 4.97. The van der Waals surface area contributed by atoms with Gasteiger partial charge in [-0.05, 0) is 37.0 Å². The Morgan fingerprint density at radius 3 is 2.76 bits per heavy atom. The summed E-state index contributed by atoms with van der Waals surface area (Å²) in [5.41, 5.74) is 8.25. The summed E-state index contributed by atoms with van der Waals surface area (Å²) in [5.74, 6) is 1.12. The van der Waals surface area contributed by atoms with Gasteiger partial charge in [-0.25, -0.2) is 9.97 Å². The van der Waals surface area contributed by atoms with Gasteiger partial charge in [-0.3, -0.25) is 14.2 Å². The van der Waals surface area contributed by atoms with Crippen molar-refractivity contribution in [2.24, 2.45) is 0 Å². The van der Waals surface area contributed by atoms with Gasteiger partial charge in [-0.15, -0.1) is 0 Å². The number of nitrogens with zero attached hydrogens (tertiary/aromatic N) is 4. The minimum atomic E-state index is -0.608. The van der Waals surface area contributed by atoms with E-state index in [2.05, 4.69) is 20.6 Å². The Hall–Kier alpha value is -3.88. The van der Waals surface area contributed by atoms with Crippen molar-refractivity contribution >= 4 is 23.4 Å². The van der Waals surface area contributed by atoms with Crippen molar-refractivity contribution in [3.05, 3.63) is 75.8 Å². The average Bonchev–Trinajstić information content (AvgIpc) is 2.81. The van der Waals surface area contributed by atoms with Gasteiger partial charge in [-0.1, -0.05) is 36.4 Å². The minimum Gasteiger partial charge on any atom is -0.384 e. The van der Waals surface area contributed by atoms with Crippen molar-refractivity contribution in [3.63, 3.8) is 0 Å². The van der Waals surface area contributed by atoms with Gasteiger partial charge in [-0.2, -0.15) is 0 Å². The van der Waals surface area contributed by atoms with E-state index >= 15 is 0 Å². The molecule has 33 heavy (non-hydrogen) atoms. The van der Waals surface area contributed by atoms with E-state index < -0.39 is 6.04 Å². The van der Waals surface area contributed by atoms with E-state index in [9.17, 15) is 9.59 Å². The lowest BCUT2D eigenvalue weighted by molar-refractivity contribution is -0.124. The summed E-state index contributed by atoms with van der Waals surface area (Å²) in [4.78, 5) is 36.9. The summed E-state index contributed by atoms with van der Waals surface area (Å²) in [7, 11) is 1.90. The third-order valence-electron chi connectivity index (χ3n) is 5.94. The molecule has 9 nitrogen and oxygen atoms in total. The van der Waals surface area contributed by atoms with Crippen LogP contribution in [0.5, 0.6) is 0 Å². The number of carbonyl (C=O) groups excluding carboxylic acids is 1. The molecular weight excluding hydrogens is 418 g/mol. The van der Waals surface area contributed by atoms with E-state index in [1.54, 1.807) is 16.8 Å². The first-order valence-electron chi connectivity index (χ1n) is 11.0. The maximum Gasteiger partial charge on any atom is 0.295 e. The number of hydrogen-bond donors (Lipinski definition) is 3. The lowest BCUT2D eigenvalue weighted by Crippen LogP contribution is -2.45. The van der Waals surface area contributed by atoms with Gasteiger partial charge in [0.25, 0.3) is 5.56 Å². The summed E-state index contributed by atoms with van der Waals surface area (Å²) in [6.07, 6.45) is 2.95. The number of aromatic nitrogens is 3. The van der Waals surface area contributed by atoms with Gasteiger partial charge >= 0.3 is 0 Å². The number of hydrogen-bond acceptors (Lipinski definition) is 7. The van der Waals surface area contributed by atoms with E-state index in [0.717, 1.165) is 17.7 Å². The van der Waals surface area contributed by atoms with Crippen LogP contribution in [-0.2, 0) is 17.8 Å². The van der Waals surface area contributed by atoms with Crippen molar-refractivity contribution in [1.29, 1.82) is 0 Å². The molecule has 3 heterocycles. The van der Waals surface area contributed by atoms with Crippen LogP contribution in [0.3, 0.4) is 0 Å². The van der Waals surface area contributed by atoms with Crippen LogP contribution in [0.25, 0.3) is 0 Å². The highest BCUT2D eigenvalue weighted by Crippen LogP contribution is 2.25. The fraction of sp³-hybridized carbons (Fsp3) is 0.333. The molecule has 1 atom stereocenters. The van der Waals surface area contributed by atoms with Crippen LogP contribution >= 0.6 is 0 Å². The number of fused-ring (bicyclic) bond motifs is 1. The maximum atomic E-state index is 13.3. The number of amides is 1. The summed E-state index contributed by atoms with van der Waals surface area (Å²) in [6, 6.07) is 13.0. The first kappa shape index (κ1) is 22.3. The zero-order chi connectivity index (χ0) is 23.4. The largest absolute Gasteiger partial charge is 0.384 e. The molecule has 2 aromatic heterocycles. The molecule has 0 bridgehead atoms. The molecule has 0 aliphatic carbocycles. The van der Waals surface area contributed by atoms with Crippen molar-refractivity contribution in [3.8, 4) is 0 Å². The monoisotopic (exact) mass is 447 g/mol. The lowest BCUT2D eigenvalue weighted by atomic mass is 10.1. The van der Waals surface area contributed by atoms with Gasteiger partial charge in [0.2, 0.25) is 5.91 Å². The van der Waals surface area contributed by atoms with Crippen LogP contribution in [0, 0.1) is 6.92 Å². The lowest BCUT2D eigenvalue weighted by Gasteiger charge is -2.33. The molecule has 0 spiro atoms. The van der Waals surface area contributed by atoms with E-state index in [-0.39, 0.29) is 17.3 Å². The SMILES string of the molecule is Cc1nc(N)ccc1CNC(=O)[C@@H]1CCN(C)c2cnc(NCCc3ccccc3)c(=O)n21. The van der Waals surface area contributed by atoms with Gasteiger partial charge in [0.15, 0.2) is 5.82 Å². The second-order valence-corrected chi connectivity index (χ2v) is 8.23. The number of anilines is 3. The normalized spacial score (nSPS) is 15.1. The molecule has 0 unspecified atom stereocenters. The van der Waals surface area contributed by atoms with Crippen LogP contribution in [0.15, 0.2) is 53.5 Å². The topological polar surface area (TPSA) is 118 Å². The average molecular weight is 448 g/mol. The van der Waals surface area contributed by atoms with E-state index in [1.807, 2.05) is 55.3 Å². The van der Waals surface area contributed by atoms with Crippen LogP contribution in [0.2, 0.25) is 0 Å². The molecule has 0 fully saturated rings. The Bertz CT molecular complexity index is 1190. The van der Waals surface area contributed by atoms with Crippen molar-refractivity contribution in [2.45, 2.75) is 32.4 Å². The number of aryl methyl sites for hydroxylation is 1. The molecule has 172 valence electrons. The van der Waals surface area contributed by atoms with Crippen LogP contribution < -0.4 is 26.8 Å². The predicted molar refractivity (Wildman–Crippen MR) is 129 cm³/mol. The number of pyridine rings is 1. The second-order valence-electron chi connectivity index (χ2n) is 8.23. The third-order valence-corrected chi connectivity index (χ3v) is 5.94. The van der Waals surface area contributed by atoms with Crippen LogP contribution in [0.1, 0.15) is 29.3 Å². The van der Waals surface area contributed by atoms with Crippen molar-refractivity contribution in [1.82, 2.24) is 19.9 Å². The van der Waals surface area contributed by atoms with E-state index in [0.29, 0.717) is 37.7 Å². The fourth-order valence-electron chi connectivity index (χ4n) is 4.04. The number of rotatable bonds is 7. The molecule has 1 amide bonds. The molecule has 0 saturated carbocycles. The standard InChI is InChI=1S/C24H29N7O2/c1-16-18(8-9-20(25)29-16)14-28-23(32)19-11-13-30(2)21-15-27-22(24(33)31(19)21)26-12-10-17-6-4-3-5-7-17/h3-9,15,19H,10-14H2,1-2H3,(H2,25,29)(H,26,27)(H,28,32)/t19-/m0/s1. The molecule has 0 saturated heterocycles. The zero-order valence-corrected chi connectivity index (χ0v) is 18.9. The predicted octanol–water partition coefficient (Wildman–Crippen LogP) is 1.88. The molecule has 1 aliphatic rings. The van der Waals surface area contributed by atoms with Gasteiger partial charge < -0.3 is 21.3 Å². The number of nitrogen functional groups attached to an aromatic ring is 1. The first-order chi connectivity index (χ1) is 15.9. The minimum absolute atomic E-state index is 0.205. The van der Waals surface area contributed by atoms with Gasteiger partial charge in [0.05, 0.1) is 6.20 Å². The van der Waals surface area contributed by atoms with Gasteiger partial charge in [0, 0.05) is 32.4 Å². The number of carbonyl (C=O) groups is 1. The van der Waals surface area contributed by atoms with Crippen LogP contribution in [-0.4, -0.2) is 40.6 Å². The highest BCUT2D eigenvalue weighted by atomic mass is 16.2. The molecule has 0 radical (unpaired) electrons. The fourth-order valence-corrected chi connectivity index (χ4v) is 4.04. The smallest absolute Gasteiger partial charge is 0.295 e. The number of benzene rings is 1. The molecule has 1 aliphatic heterocycles. The maximum absolute atomic E-state index is 13.3. The van der Waals surface area contributed by atoms with E-state index in [1.165, 1.54) is 5.56 Å². The first-order valence-corrected chi connectivity index (χ1v) is 11.0. The number of nitrogens with two attached hydrogens (primary N) is 1. The Morgan fingerprint density at radius 1 is 1.21 bits per heavy atom. The Labute approximate surface area is 192 Å². The Morgan fingerprint density at radius 2 is 2.00 bits per heavy atom. The molecule has 3 aromatic rings. The van der Waals surface area contributed by atoms with Crippen molar-refractivity contribution < 1.29 is 4.79 Å². The van der Waals surface area contributed by atoms with Gasteiger partial charge in [0.1, 0.15) is 17.7 Å². The summed E-state index contributed by atoms with van der Waals surface area (Å²) in [5, 5.41) is 6.10. The molecule has 4 N–H and O–H groups in total. The highest BCUT2D eigenvalue weighted by molar-refractivity contribution is 5.81. The summed E-state index contributed by atoms with van der Waals surface area (Å²) >= 11 is 0. The highest BCUT2D eigenvalue weighted by Gasteiger charge is 2.30. The Kier molecular flexibility index (Phi) is 6.58.